The van der Waals surface area contributed by atoms with E-state index in [9.17, 15) is 110 Å². The minimum absolute atomic E-state index is 0. The minimum atomic E-state index is -6.13. The Morgan fingerprint density at radius 2 is 0.558 bits per heavy atom. The predicted octanol–water partition coefficient (Wildman–Crippen LogP) is 20.9. The van der Waals surface area contributed by atoms with Crippen LogP contribution >= 0.6 is 0 Å². The van der Waals surface area contributed by atoms with Crippen LogP contribution in [0, 0.1) is 6.92 Å². The maximum absolute atomic E-state index is 14.2. The molecule has 2 N–H and O–H groups in total. The second-order valence-electron chi connectivity index (χ2n) is 23.1. The maximum Gasteiger partial charge on any atom is 2.00 e. The van der Waals surface area contributed by atoms with Crippen molar-refractivity contribution in [2.24, 2.45) is 0 Å². The van der Waals surface area contributed by atoms with Gasteiger partial charge < -0.3 is 22.3 Å². The van der Waals surface area contributed by atoms with Gasteiger partial charge in [0.15, 0.2) is 0 Å². The number of carbonyl (C=O) groups excluding carboxylic acids is 1. The molecule has 0 atom stereocenters. The molecule has 0 spiro atoms. The third kappa shape index (κ3) is 20.8. The Labute approximate surface area is 545 Å². The number of ether oxygens (including phenoxy) is 1. The number of anilines is 2. The summed E-state index contributed by atoms with van der Waals surface area (Å²) in [6.45, 7) is 26.0. The Balaban J connectivity index is 0.000000515. The van der Waals surface area contributed by atoms with Gasteiger partial charge in [0.25, 0.3) is 0 Å². The first-order valence-electron chi connectivity index (χ1n) is 28.3. The first kappa shape index (κ1) is 82.4. The van der Waals surface area contributed by atoms with Crippen LogP contribution in [0.3, 0.4) is 0 Å². The van der Waals surface area contributed by atoms with Gasteiger partial charge in [-0.1, -0.05) is 140 Å². The maximum atomic E-state index is 14.2. The fraction of sp³-hybridized carbons (Fsp3) is 0.385. The molecule has 0 fully saturated rings. The SMILES string of the molecule is C/C(Nc1c(C(C)C)cccc1C(C)C)=C(\C)Nc1c(C(C)C)cccc1C(C)C.FC(F)(F)c1cc([B-](c2cc(C(F)(F)F)cc(C(F)(F)F)c2)(c2cc(C(F)(F)F)cc(C(F)(F)F)c2)c2cc(C(F)(F)F)cc(C(F)(F)F)c2)cc(C(F)(F)F)c1.[CH2-]CCC(=O)OC.[Pd+2]. The monoisotopic (exact) mass is 1480 g/mol. The largest absolute Gasteiger partial charge is 2.00 e. The molecule has 4 nitrogen and oxygen atoms in total. The zero-order valence-corrected chi connectivity index (χ0v) is 53.7. The van der Waals surface area contributed by atoms with Crippen LogP contribution < -0.4 is 32.5 Å². The van der Waals surface area contributed by atoms with Crippen LogP contribution in [0.4, 0.5) is 117 Å². The number of hydrogen-bond donors (Lipinski definition) is 2. The van der Waals surface area contributed by atoms with E-state index in [2.05, 4.69) is 128 Å². The van der Waals surface area contributed by atoms with Crippen LogP contribution in [0.1, 0.15) is 173 Å². The quantitative estimate of drug-likeness (QED) is 0.0494. The number of allylic oxidation sites excluding steroid dienone is 2. The van der Waals surface area contributed by atoms with Gasteiger partial charge in [-0.3, -0.25) is 4.79 Å². The van der Waals surface area contributed by atoms with E-state index in [-0.39, 0.29) is 26.4 Å². The number of carbonyl (C=O) groups is 1. The van der Waals surface area contributed by atoms with Gasteiger partial charge in [0, 0.05) is 29.2 Å². The van der Waals surface area contributed by atoms with Crippen molar-refractivity contribution < 1.29 is 135 Å². The van der Waals surface area contributed by atoms with Crippen LogP contribution in [0.15, 0.2) is 121 Å². The molecule has 0 unspecified atom stereocenters. The van der Waals surface area contributed by atoms with E-state index in [0.29, 0.717) is 36.5 Å². The average molecular weight is 1480 g/mol. The number of nitrogens with one attached hydrogen (secondary N) is 2. The zero-order chi connectivity index (χ0) is 72.2. The first-order chi connectivity index (χ1) is 42.6. The standard InChI is InChI=1S/C32H12BF24.C28H42N2.C5H9O2.Pd/c34-25(35,36)13-1-14(26(37,38)39)6-21(5-13)33(22-7-15(27(40,41)42)2-16(8-22)28(43,44)45,23-9-17(29(46,47)48)3-18(10-23)30(49,50)51)24-11-19(31(52,53)54)4-20(12-24)32(55,56)57;1-17(2)23-13-11-14-24(18(3)4)27(23)29-21(9)22(10)30-28-25(19(5)6)15-12-16-26(28)20(7)8;1-3-4-5(6)7-2;/h1-12H;11-20,29-30H,1-10H3;1,3-4H2,2H3;/q-1;;-1;+2/b;22-21-;;. The fourth-order valence-corrected chi connectivity index (χ4v) is 10.3. The van der Waals surface area contributed by atoms with Gasteiger partial charge >= 0.3 is 75.8 Å². The Morgan fingerprint density at radius 1 is 0.379 bits per heavy atom. The molecule has 95 heavy (non-hydrogen) atoms. The van der Waals surface area contributed by atoms with E-state index >= 15 is 0 Å². The van der Waals surface area contributed by atoms with Gasteiger partial charge in [0.05, 0.1) is 51.6 Å². The van der Waals surface area contributed by atoms with Crippen molar-refractivity contribution in [3.05, 3.63) is 194 Å². The first-order valence-corrected chi connectivity index (χ1v) is 28.3. The number of esters is 1. The molecule has 30 heteroatoms. The molecule has 0 amide bonds. The van der Waals surface area contributed by atoms with Crippen molar-refractivity contribution >= 4 is 45.3 Å². The van der Waals surface area contributed by atoms with Crippen LogP contribution in [0.2, 0.25) is 0 Å². The summed E-state index contributed by atoms with van der Waals surface area (Å²) >= 11 is 0. The minimum Gasteiger partial charge on any atom is -0.469 e. The van der Waals surface area contributed by atoms with E-state index < -0.39 is 195 Å². The number of methoxy groups -OCH3 is 1. The fourth-order valence-electron chi connectivity index (χ4n) is 10.3. The van der Waals surface area contributed by atoms with Crippen molar-refractivity contribution in [1.82, 2.24) is 0 Å². The molecule has 0 aliphatic carbocycles. The van der Waals surface area contributed by atoms with E-state index in [1.165, 1.54) is 52.1 Å². The van der Waals surface area contributed by atoms with Crippen molar-refractivity contribution in [1.29, 1.82) is 0 Å². The zero-order valence-electron chi connectivity index (χ0n) is 52.1. The number of alkyl halides is 24. The molecule has 0 radical (unpaired) electrons. The summed E-state index contributed by atoms with van der Waals surface area (Å²) in [5.41, 5.74) is -19.8. The van der Waals surface area contributed by atoms with Gasteiger partial charge in [-0.2, -0.15) is 134 Å². The normalized spacial score (nSPS) is 13.2. The van der Waals surface area contributed by atoms with Crippen molar-refractivity contribution in [2.75, 3.05) is 17.7 Å². The third-order valence-electron chi connectivity index (χ3n) is 15.0. The van der Waals surface area contributed by atoms with E-state index in [1.807, 2.05) is 0 Å². The molecule has 6 aromatic carbocycles. The molecular formula is C65H63BF24N2O2Pd. The van der Waals surface area contributed by atoms with Crippen LogP contribution in [0.5, 0.6) is 0 Å². The molecule has 0 bridgehead atoms. The van der Waals surface area contributed by atoms with E-state index in [4.69, 9.17) is 0 Å². The Bertz CT molecular complexity index is 3080. The average Bonchev–Trinajstić information content (AvgIpc) is 0.708. The second-order valence-corrected chi connectivity index (χ2v) is 23.1. The molecule has 0 aromatic heterocycles. The topological polar surface area (TPSA) is 50.4 Å². The summed E-state index contributed by atoms with van der Waals surface area (Å²) < 4.78 is 345. The summed E-state index contributed by atoms with van der Waals surface area (Å²) in [6, 6.07) is 4.57. The molecule has 6 aromatic rings. The number of benzene rings is 6. The number of para-hydroxylation sites is 2. The number of halogens is 24. The summed E-state index contributed by atoms with van der Waals surface area (Å²) in [4.78, 5) is 10.1. The Morgan fingerprint density at radius 3 is 0.684 bits per heavy atom. The van der Waals surface area contributed by atoms with Crippen molar-refractivity contribution in [2.45, 2.75) is 155 Å². The summed E-state index contributed by atoms with van der Waals surface area (Å²) in [7, 11) is 1.37. The third-order valence-corrected chi connectivity index (χ3v) is 15.0. The van der Waals surface area contributed by atoms with Crippen LogP contribution in [0.25, 0.3) is 0 Å². The van der Waals surface area contributed by atoms with Gasteiger partial charge in [-0.05, 0) is 84.0 Å². The van der Waals surface area contributed by atoms with E-state index in [0.717, 1.165) is 0 Å². The molecule has 526 valence electrons. The van der Waals surface area contributed by atoms with Gasteiger partial charge in [0.2, 0.25) is 0 Å². The summed E-state index contributed by atoms with van der Waals surface area (Å²) in [5, 5.41) is 7.55. The van der Waals surface area contributed by atoms with Crippen LogP contribution in [-0.4, -0.2) is 19.2 Å². The van der Waals surface area contributed by atoms with Crippen molar-refractivity contribution in [3.63, 3.8) is 0 Å². The van der Waals surface area contributed by atoms with E-state index in [1.54, 1.807) is 0 Å². The van der Waals surface area contributed by atoms with Crippen molar-refractivity contribution in [3.8, 4) is 0 Å². The molecular weight excluding hydrogens is 1410 g/mol. The second kappa shape index (κ2) is 30.7. The number of rotatable bonds is 14. The van der Waals surface area contributed by atoms with Gasteiger partial charge in [0.1, 0.15) is 6.15 Å². The molecule has 0 aliphatic heterocycles. The summed E-state index contributed by atoms with van der Waals surface area (Å²) in [6.07, 6.45) is -53.8. The summed E-state index contributed by atoms with van der Waals surface area (Å²) in [5.74, 6) is 1.71. The molecule has 0 heterocycles. The Hall–Kier alpha value is -6.82. The molecule has 0 saturated carbocycles. The molecule has 0 aliphatic rings. The molecule has 0 saturated heterocycles. The van der Waals surface area contributed by atoms with Gasteiger partial charge in [-0.15, -0.1) is 0 Å². The Kier molecular flexibility index (Phi) is 26.6. The molecule has 6 rings (SSSR count). The van der Waals surface area contributed by atoms with Crippen LogP contribution in [-0.2, 0) is 79.4 Å². The number of hydrogen-bond acceptors (Lipinski definition) is 4. The smallest absolute Gasteiger partial charge is 0.469 e. The van der Waals surface area contributed by atoms with Gasteiger partial charge in [-0.25, -0.2) is 0 Å². The predicted molar refractivity (Wildman–Crippen MR) is 312 cm³/mol.